The molecule has 0 atom stereocenters. The molecule has 0 saturated heterocycles. The minimum atomic E-state index is -0.313. The molecule has 2 aromatic rings. The molecule has 0 unspecified atom stereocenters. The Labute approximate surface area is 167 Å². The number of hydrogen-bond acceptors (Lipinski definition) is 4. The van der Waals surface area contributed by atoms with Crippen LogP contribution in [-0.2, 0) is 27.3 Å². The quantitative estimate of drug-likeness (QED) is 0.584. The largest absolute Gasteiger partial charge is 0.497 e. The predicted octanol–water partition coefficient (Wildman–Crippen LogP) is 3.92. The molecule has 28 heavy (non-hydrogen) atoms. The summed E-state index contributed by atoms with van der Waals surface area (Å²) in [4.78, 5) is 26.0. The molecule has 2 rings (SSSR count). The molecule has 0 aliphatic rings. The molecule has 0 aliphatic heterocycles. The highest BCUT2D eigenvalue weighted by Crippen LogP contribution is 2.15. The van der Waals surface area contributed by atoms with Crippen LogP contribution in [0, 0.1) is 6.92 Å². The number of rotatable bonds is 10. The molecule has 0 radical (unpaired) electrons. The summed E-state index contributed by atoms with van der Waals surface area (Å²) in [6.07, 6.45) is 2.28. The van der Waals surface area contributed by atoms with E-state index in [1.807, 2.05) is 24.3 Å². The fourth-order valence-electron chi connectivity index (χ4n) is 2.93. The highest BCUT2D eigenvalue weighted by Gasteiger charge is 2.16. The number of ether oxygens (including phenoxy) is 2. The van der Waals surface area contributed by atoms with Crippen molar-refractivity contribution in [3.05, 3.63) is 65.2 Å². The minimum Gasteiger partial charge on any atom is -0.497 e. The second-order valence-corrected chi connectivity index (χ2v) is 6.83. The fourth-order valence-corrected chi connectivity index (χ4v) is 2.93. The third-order valence-electron chi connectivity index (χ3n) is 4.68. The molecular formula is C23H29NO4. The van der Waals surface area contributed by atoms with Gasteiger partial charge in [0.1, 0.15) is 5.75 Å². The van der Waals surface area contributed by atoms with Crippen LogP contribution in [0.5, 0.6) is 5.75 Å². The minimum absolute atomic E-state index is 0.0480. The molecule has 0 aliphatic carbocycles. The number of esters is 1. The third-order valence-corrected chi connectivity index (χ3v) is 4.68. The Hall–Kier alpha value is -2.82. The molecule has 0 N–H and O–H groups in total. The van der Waals surface area contributed by atoms with E-state index in [4.69, 9.17) is 9.47 Å². The lowest BCUT2D eigenvalue weighted by molar-refractivity contribution is -0.142. The molecule has 0 aromatic heterocycles. The predicted molar refractivity (Wildman–Crippen MR) is 109 cm³/mol. The summed E-state index contributed by atoms with van der Waals surface area (Å²) in [5.41, 5.74) is 3.46. The van der Waals surface area contributed by atoms with Gasteiger partial charge in [0.25, 0.3) is 0 Å². The van der Waals surface area contributed by atoms with Gasteiger partial charge in [-0.1, -0.05) is 42.0 Å². The van der Waals surface area contributed by atoms with Crippen LogP contribution in [0.15, 0.2) is 48.5 Å². The lowest BCUT2D eigenvalue weighted by atomic mass is 10.1. The van der Waals surface area contributed by atoms with E-state index in [-0.39, 0.29) is 18.3 Å². The molecule has 0 saturated carbocycles. The van der Waals surface area contributed by atoms with Crippen molar-refractivity contribution in [2.75, 3.05) is 20.8 Å². The second kappa shape index (κ2) is 11.1. The molecule has 5 heteroatoms. The average molecular weight is 383 g/mol. The highest BCUT2D eigenvalue weighted by molar-refractivity contribution is 5.77. The molecule has 2 aromatic carbocycles. The van der Waals surface area contributed by atoms with E-state index in [0.29, 0.717) is 19.5 Å². The number of methoxy groups -OCH3 is 2. The van der Waals surface area contributed by atoms with E-state index in [1.54, 1.807) is 12.0 Å². The molecule has 150 valence electrons. The van der Waals surface area contributed by atoms with Crippen molar-refractivity contribution in [3.8, 4) is 5.75 Å². The first kappa shape index (κ1) is 21.5. The van der Waals surface area contributed by atoms with Crippen LogP contribution in [0.3, 0.4) is 0 Å². The standard InChI is InChI=1S/C23H29NO4/c1-18-7-9-19(10-8-18)5-4-6-22(25)24(16-15-23(26)28-3)17-20-11-13-21(27-2)14-12-20/h7-14H,4-6,15-17H2,1-3H3. The summed E-state index contributed by atoms with van der Waals surface area (Å²) in [6, 6.07) is 16.0. The van der Waals surface area contributed by atoms with Crippen molar-refractivity contribution >= 4 is 11.9 Å². The second-order valence-electron chi connectivity index (χ2n) is 6.83. The number of aryl methyl sites for hydroxylation is 2. The van der Waals surface area contributed by atoms with Gasteiger partial charge in [0.15, 0.2) is 0 Å². The van der Waals surface area contributed by atoms with E-state index in [9.17, 15) is 9.59 Å². The van der Waals surface area contributed by atoms with Crippen molar-refractivity contribution in [2.45, 2.75) is 39.2 Å². The number of amides is 1. The topological polar surface area (TPSA) is 55.8 Å². The smallest absolute Gasteiger partial charge is 0.307 e. The number of benzene rings is 2. The van der Waals surface area contributed by atoms with E-state index in [0.717, 1.165) is 24.2 Å². The molecule has 0 fully saturated rings. The molecule has 1 amide bonds. The van der Waals surface area contributed by atoms with Gasteiger partial charge in [0.2, 0.25) is 5.91 Å². The van der Waals surface area contributed by atoms with E-state index in [2.05, 4.69) is 31.2 Å². The van der Waals surface area contributed by atoms with Crippen molar-refractivity contribution < 1.29 is 19.1 Å². The summed E-state index contributed by atoms with van der Waals surface area (Å²) in [6.45, 7) is 2.87. The Kier molecular flexibility index (Phi) is 8.53. The van der Waals surface area contributed by atoms with Gasteiger partial charge in [-0.25, -0.2) is 0 Å². The van der Waals surface area contributed by atoms with Crippen LogP contribution in [0.1, 0.15) is 36.0 Å². The summed E-state index contributed by atoms with van der Waals surface area (Å²) >= 11 is 0. The van der Waals surface area contributed by atoms with Crippen molar-refractivity contribution in [1.82, 2.24) is 4.90 Å². The van der Waals surface area contributed by atoms with Crippen molar-refractivity contribution in [2.24, 2.45) is 0 Å². The zero-order valence-corrected chi connectivity index (χ0v) is 16.9. The lowest BCUT2D eigenvalue weighted by Crippen LogP contribution is -2.32. The number of nitrogens with zero attached hydrogens (tertiary/aromatic N) is 1. The molecule has 0 spiro atoms. The molecule has 5 nitrogen and oxygen atoms in total. The first-order valence-corrected chi connectivity index (χ1v) is 9.55. The molecular weight excluding hydrogens is 354 g/mol. The third kappa shape index (κ3) is 7.06. The van der Waals surface area contributed by atoms with Crippen molar-refractivity contribution in [3.63, 3.8) is 0 Å². The van der Waals surface area contributed by atoms with E-state index >= 15 is 0 Å². The monoisotopic (exact) mass is 383 g/mol. The van der Waals surface area contributed by atoms with Crippen LogP contribution in [-0.4, -0.2) is 37.5 Å². The fraction of sp³-hybridized carbons (Fsp3) is 0.391. The number of carbonyl (C=O) groups excluding carboxylic acids is 2. The Morgan fingerprint density at radius 1 is 0.893 bits per heavy atom. The Balaban J connectivity index is 1.94. The van der Waals surface area contributed by atoms with Gasteiger partial charge in [-0.2, -0.15) is 0 Å². The van der Waals surface area contributed by atoms with Gasteiger partial charge in [-0.15, -0.1) is 0 Å². The SMILES string of the molecule is COC(=O)CCN(Cc1ccc(OC)cc1)C(=O)CCCc1ccc(C)cc1. The highest BCUT2D eigenvalue weighted by atomic mass is 16.5. The maximum Gasteiger partial charge on any atom is 0.307 e. The van der Waals surface area contributed by atoms with Gasteiger partial charge in [-0.3, -0.25) is 9.59 Å². The van der Waals surface area contributed by atoms with Gasteiger partial charge < -0.3 is 14.4 Å². The van der Waals surface area contributed by atoms with Crippen LogP contribution in [0.25, 0.3) is 0 Å². The maximum atomic E-state index is 12.8. The normalized spacial score (nSPS) is 10.4. The van der Waals surface area contributed by atoms with Crippen LogP contribution in [0.4, 0.5) is 0 Å². The number of carbonyl (C=O) groups is 2. The van der Waals surface area contributed by atoms with Crippen LogP contribution >= 0.6 is 0 Å². The first-order chi connectivity index (χ1) is 13.5. The van der Waals surface area contributed by atoms with Gasteiger partial charge >= 0.3 is 5.97 Å². The van der Waals surface area contributed by atoms with E-state index in [1.165, 1.54) is 18.2 Å². The summed E-state index contributed by atoms with van der Waals surface area (Å²) < 4.78 is 9.89. The summed E-state index contributed by atoms with van der Waals surface area (Å²) in [7, 11) is 2.98. The molecule has 0 bridgehead atoms. The first-order valence-electron chi connectivity index (χ1n) is 9.55. The Morgan fingerprint density at radius 2 is 1.54 bits per heavy atom. The average Bonchev–Trinajstić information content (AvgIpc) is 2.72. The van der Waals surface area contributed by atoms with Crippen LogP contribution < -0.4 is 4.74 Å². The maximum absolute atomic E-state index is 12.8. The lowest BCUT2D eigenvalue weighted by Gasteiger charge is -2.22. The summed E-state index contributed by atoms with van der Waals surface area (Å²) in [5.74, 6) is 0.508. The van der Waals surface area contributed by atoms with Crippen LogP contribution in [0.2, 0.25) is 0 Å². The van der Waals surface area contributed by atoms with Gasteiger partial charge in [-0.05, 0) is 43.0 Å². The zero-order valence-electron chi connectivity index (χ0n) is 16.9. The summed E-state index contributed by atoms with van der Waals surface area (Å²) in [5, 5.41) is 0. The number of hydrogen-bond donors (Lipinski definition) is 0. The zero-order chi connectivity index (χ0) is 20.4. The Morgan fingerprint density at radius 3 is 2.14 bits per heavy atom. The van der Waals surface area contributed by atoms with Crippen molar-refractivity contribution in [1.29, 1.82) is 0 Å². The van der Waals surface area contributed by atoms with Gasteiger partial charge in [0, 0.05) is 19.5 Å². The van der Waals surface area contributed by atoms with E-state index < -0.39 is 0 Å². The molecule has 0 heterocycles. The van der Waals surface area contributed by atoms with Gasteiger partial charge in [0.05, 0.1) is 20.6 Å². The Bertz CT molecular complexity index is 753.